The van der Waals surface area contributed by atoms with Crippen molar-refractivity contribution in [3.8, 4) is 0 Å². The summed E-state index contributed by atoms with van der Waals surface area (Å²) < 4.78 is 5.94. The number of likely N-dealkylation sites (N-methyl/N-ethyl adjacent to an activating group) is 1. The van der Waals surface area contributed by atoms with E-state index in [1.807, 2.05) is 11.9 Å². The van der Waals surface area contributed by atoms with Gasteiger partial charge in [-0.05, 0) is 45.0 Å². The fraction of sp³-hybridized carbons (Fsp3) is 0.409. The number of amides is 2. The van der Waals surface area contributed by atoms with Crippen LogP contribution in [-0.4, -0.2) is 60.7 Å². The molecule has 8 nitrogen and oxygen atoms in total. The fourth-order valence-corrected chi connectivity index (χ4v) is 4.46. The second kappa shape index (κ2) is 9.62. The molecule has 1 aliphatic heterocycles. The maximum Gasteiger partial charge on any atom is 0.301 e. The van der Waals surface area contributed by atoms with E-state index in [1.165, 1.54) is 6.07 Å². The maximum absolute atomic E-state index is 12.9. The molecule has 0 bridgehead atoms. The van der Waals surface area contributed by atoms with Crippen LogP contribution < -0.4 is 10.9 Å². The number of aryl methyl sites for hydroxylation is 1. The third kappa shape index (κ3) is 4.83. The first-order chi connectivity index (χ1) is 15.3. The number of hydrazone groups is 1. The first-order valence-corrected chi connectivity index (χ1v) is 11.3. The lowest BCUT2D eigenvalue weighted by Gasteiger charge is -2.32. The SMILES string of the molecule is Cc1c(C(=O)NN2CCN(C)CC2)oc2c1/C(=N/NC(=O)c1ccc(Cl)cc1Cl)CCC2. The highest BCUT2D eigenvalue weighted by Gasteiger charge is 2.29. The van der Waals surface area contributed by atoms with E-state index in [0.29, 0.717) is 23.6 Å². The number of hydrazine groups is 1. The minimum Gasteiger partial charge on any atom is -0.455 e. The summed E-state index contributed by atoms with van der Waals surface area (Å²) in [6, 6.07) is 4.66. The Kier molecular flexibility index (Phi) is 6.85. The van der Waals surface area contributed by atoms with Crippen molar-refractivity contribution in [1.82, 2.24) is 20.8 Å². The predicted molar refractivity (Wildman–Crippen MR) is 123 cm³/mol. The summed E-state index contributed by atoms with van der Waals surface area (Å²) in [5.74, 6) is 0.309. The Labute approximate surface area is 196 Å². The van der Waals surface area contributed by atoms with Crippen LogP contribution >= 0.6 is 23.2 Å². The molecule has 170 valence electrons. The number of carbonyl (C=O) groups is 2. The third-order valence-electron chi connectivity index (χ3n) is 5.76. The van der Waals surface area contributed by atoms with Gasteiger partial charge in [0.1, 0.15) is 5.76 Å². The van der Waals surface area contributed by atoms with Crippen LogP contribution in [0.1, 0.15) is 50.6 Å². The highest BCUT2D eigenvalue weighted by molar-refractivity contribution is 6.36. The summed E-state index contributed by atoms with van der Waals surface area (Å²) >= 11 is 12.0. The van der Waals surface area contributed by atoms with Gasteiger partial charge in [0.05, 0.1) is 16.3 Å². The summed E-state index contributed by atoms with van der Waals surface area (Å²) in [6.07, 6.45) is 2.20. The number of halogens is 2. The van der Waals surface area contributed by atoms with Crippen molar-refractivity contribution in [3.05, 3.63) is 56.5 Å². The minimum atomic E-state index is -0.430. The molecule has 0 spiro atoms. The van der Waals surface area contributed by atoms with E-state index in [-0.39, 0.29) is 22.3 Å². The topological polar surface area (TPSA) is 90.2 Å². The van der Waals surface area contributed by atoms with E-state index in [4.69, 9.17) is 27.6 Å². The van der Waals surface area contributed by atoms with E-state index in [9.17, 15) is 9.59 Å². The largest absolute Gasteiger partial charge is 0.455 e. The van der Waals surface area contributed by atoms with Crippen molar-refractivity contribution in [2.45, 2.75) is 26.2 Å². The molecule has 1 aromatic heterocycles. The number of carbonyl (C=O) groups excluding carboxylic acids is 2. The number of benzene rings is 1. The van der Waals surface area contributed by atoms with Crippen LogP contribution in [0, 0.1) is 6.92 Å². The molecule has 2 N–H and O–H groups in total. The van der Waals surface area contributed by atoms with Crippen molar-refractivity contribution < 1.29 is 14.0 Å². The Hall–Kier alpha value is -2.39. The lowest BCUT2D eigenvalue weighted by molar-refractivity contribution is 0.0634. The van der Waals surface area contributed by atoms with Crippen LogP contribution in [0.2, 0.25) is 10.0 Å². The molecule has 2 amide bonds. The van der Waals surface area contributed by atoms with Gasteiger partial charge in [-0.2, -0.15) is 5.10 Å². The molecule has 2 aromatic rings. The lowest BCUT2D eigenvalue weighted by atomic mass is 9.93. The van der Waals surface area contributed by atoms with Gasteiger partial charge in [-0.25, -0.2) is 10.4 Å². The van der Waals surface area contributed by atoms with Gasteiger partial charge >= 0.3 is 5.91 Å². The molecule has 32 heavy (non-hydrogen) atoms. The molecule has 4 rings (SSSR count). The Morgan fingerprint density at radius 1 is 1.09 bits per heavy atom. The molecular weight excluding hydrogens is 453 g/mol. The fourth-order valence-electron chi connectivity index (χ4n) is 3.96. The first kappa shape index (κ1) is 22.8. The third-order valence-corrected chi connectivity index (χ3v) is 6.31. The molecule has 0 radical (unpaired) electrons. The zero-order valence-electron chi connectivity index (χ0n) is 18.0. The molecular formula is C22H25Cl2N5O3. The van der Waals surface area contributed by atoms with Crippen LogP contribution in [0.5, 0.6) is 0 Å². The Bertz CT molecular complexity index is 1070. The number of furan rings is 1. The van der Waals surface area contributed by atoms with Gasteiger partial charge in [-0.15, -0.1) is 0 Å². The number of hydrogen-bond donors (Lipinski definition) is 2. The maximum atomic E-state index is 12.9. The van der Waals surface area contributed by atoms with Crippen LogP contribution in [0.15, 0.2) is 27.7 Å². The first-order valence-electron chi connectivity index (χ1n) is 10.5. The van der Waals surface area contributed by atoms with Crippen molar-refractivity contribution in [2.24, 2.45) is 5.10 Å². The monoisotopic (exact) mass is 477 g/mol. The zero-order valence-corrected chi connectivity index (χ0v) is 19.5. The van der Waals surface area contributed by atoms with Gasteiger partial charge in [0.2, 0.25) is 0 Å². The van der Waals surface area contributed by atoms with E-state index < -0.39 is 5.91 Å². The molecule has 10 heteroatoms. The van der Waals surface area contributed by atoms with Gasteiger partial charge in [0, 0.05) is 48.7 Å². The van der Waals surface area contributed by atoms with E-state index in [2.05, 4.69) is 27.9 Å². The standard InChI is InChI=1S/C22H25Cl2N5O3/c1-13-19-17(25-26-21(30)15-7-6-14(23)12-16(15)24)4-3-5-18(19)32-20(13)22(31)27-29-10-8-28(2)9-11-29/h6-7,12H,3-5,8-11H2,1-2H3,(H,26,30)(H,27,31)/b25-17+. The highest BCUT2D eigenvalue weighted by atomic mass is 35.5. The Balaban J connectivity index is 1.51. The van der Waals surface area contributed by atoms with Crippen LogP contribution in [0.4, 0.5) is 0 Å². The van der Waals surface area contributed by atoms with Gasteiger partial charge in [-0.3, -0.25) is 15.0 Å². The second-order valence-corrected chi connectivity index (χ2v) is 8.91. The van der Waals surface area contributed by atoms with Crippen LogP contribution in [-0.2, 0) is 6.42 Å². The molecule has 1 aromatic carbocycles. The van der Waals surface area contributed by atoms with Gasteiger partial charge < -0.3 is 9.32 Å². The molecule has 1 fully saturated rings. The number of hydrogen-bond acceptors (Lipinski definition) is 6. The van der Waals surface area contributed by atoms with Crippen molar-refractivity contribution in [1.29, 1.82) is 0 Å². The van der Waals surface area contributed by atoms with Crippen LogP contribution in [0.3, 0.4) is 0 Å². The van der Waals surface area contributed by atoms with Crippen molar-refractivity contribution >= 4 is 40.7 Å². The zero-order chi connectivity index (χ0) is 22.8. The average molecular weight is 478 g/mol. The Morgan fingerprint density at radius 2 is 1.84 bits per heavy atom. The van der Waals surface area contributed by atoms with Gasteiger partial charge in [0.15, 0.2) is 5.76 Å². The van der Waals surface area contributed by atoms with Gasteiger partial charge in [-0.1, -0.05) is 23.2 Å². The molecule has 2 heterocycles. The smallest absolute Gasteiger partial charge is 0.301 e. The summed E-state index contributed by atoms with van der Waals surface area (Å²) in [7, 11) is 2.06. The van der Waals surface area contributed by atoms with Crippen LogP contribution in [0.25, 0.3) is 0 Å². The van der Waals surface area contributed by atoms with Gasteiger partial charge in [0.25, 0.3) is 5.91 Å². The number of fused-ring (bicyclic) bond motifs is 1. The lowest BCUT2D eigenvalue weighted by Crippen LogP contribution is -2.52. The molecule has 1 saturated heterocycles. The Morgan fingerprint density at radius 3 is 2.56 bits per heavy atom. The summed E-state index contributed by atoms with van der Waals surface area (Å²) in [5, 5.41) is 6.95. The van der Waals surface area contributed by atoms with Crippen molar-refractivity contribution in [2.75, 3.05) is 33.2 Å². The second-order valence-electron chi connectivity index (χ2n) is 8.06. The van der Waals surface area contributed by atoms with E-state index in [0.717, 1.165) is 49.5 Å². The van der Waals surface area contributed by atoms with E-state index in [1.54, 1.807) is 12.1 Å². The number of rotatable bonds is 4. The molecule has 0 saturated carbocycles. The predicted octanol–water partition coefficient (Wildman–Crippen LogP) is 3.26. The summed E-state index contributed by atoms with van der Waals surface area (Å²) in [5.41, 5.74) is 8.00. The number of nitrogens with zero attached hydrogens (tertiary/aromatic N) is 3. The van der Waals surface area contributed by atoms with Crippen molar-refractivity contribution in [3.63, 3.8) is 0 Å². The van der Waals surface area contributed by atoms with E-state index >= 15 is 0 Å². The normalized spacial score (nSPS) is 18.4. The molecule has 1 aliphatic carbocycles. The molecule has 2 aliphatic rings. The molecule has 0 atom stereocenters. The highest BCUT2D eigenvalue weighted by Crippen LogP contribution is 2.30. The minimum absolute atomic E-state index is 0.252. The number of piperazine rings is 1. The average Bonchev–Trinajstić information content (AvgIpc) is 3.11. The number of nitrogens with one attached hydrogen (secondary N) is 2. The quantitative estimate of drug-likeness (QED) is 0.659. The molecule has 0 unspecified atom stereocenters. The summed E-state index contributed by atoms with van der Waals surface area (Å²) in [6.45, 7) is 5.14. The summed E-state index contributed by atoms with van der Waals surface area (Å²) in [4.78, 5) is 27.6.